The van der Waals surface area contributed by atoms with E-state index < -0.39 is 0 Å². The molecule has 1 aliphatic carbocycles. The zero-order chi connectivity index (χ0) is 10.5. The summed E-state index contributed by atoms with van der Waals surface area (Å²) in [4.78, 5) is 2.69. The van der Waals surface area contributed by atoms with Crippen LogP contribution >= 0.6 is 0 Å². The molecule has 2 N–H and O–H groups in total. The third-order valence-corrected chi connectivity index (χ3v) is 4.36. The Morgan fingerprint density at radius 3 is 2.20 bits per heavy atom. The monoisotopic (exact) mass is 211 g/mol. The zero-order valence-corrected chi connectivity index (χ0v) is 10.3. The van der Waals surface area contributed by atoms with Gasteiger partial charge in [0.1, 0.15) is 0 Å². The van der Waals surface area contributed by atoms with E-state index in [-0.39, 0.29) is 0 Å². The second-order valence-corrected chi connectivity index (χ2v) is 5.46. The fourth-order valence-corrected chi connectivity index (χ4v) is 3.17. The van der Waals surface area contributed by atoms with Gasteiger partial charge in [0, 0.05) is 19.6 Å². The lowest BCUT2D eigenvalue weighted by Gasteiger charge is -2.33. The average molecular weight is 211 g/mol. The van der Waals surface area contributed by atoms with Crippen molar-refractivity contribution in [1.29, 1.82) is 0 Å². The summed E-state index contributed by atoms with van der Waals surface area (Å²) < 4.78 is 0. The first-order valence-electron chi connectivity index (χ1n) is 6.92. The Hall–Kier alpha value is -0.0800. The number of piperazine rings is 1. The summed E-state index contributed by atoms with van der Waals surface area (Å²) in [6.45, 7) is 9.05. The van der Waals surface area contributed by atoms with Crippen molar-refractivity contribution in [3.05, 3.63) is 0 Å². The van der Waals surface area contributed by atoms with Gasteiger partial charge >= 0.3 is 0 Å². The number of quaternary nitrogens is 1. The van der Waals surface area contributed by atoms with Crippen LogP contribution in [0, 0.1) is 11.8 Å². The molecule has 0 atom stereocenters. The Bertz CT molecular complexity index is 167. The smallest absolute Gasteiger partial charge is 0.0885 e. The van der Waals surface area contributed by atoms with Crippen LogP contribution in [0.3, 0.4) is 0 Å². The highest BCUT2D eigenvalue weighted by molar-refractivity contribution is 4.75. The van der Waals surface area contributed by atoms with Gasteiger partial charge in [0.25, 0.3) is 0 Å². The Balaban J connectivity index is 1.67. The highest BCUT2D eigenvalue weighted by atomic mass is 15.2. The molecule has 0 bridgehead atoms. The first-order chi connectivity index (χ1) is 7.38. The molecule has 0 spiro atoms. The van der Waals surface area contributed by atoms with Crippen LogP contribution in [0.1, 0.15) is 39.0 Å². The van der Waals surface area contributed by atoms with E-state index in [0.29, 0.717) is 0 Å². The molecule has 0 aromatic heterocycles. The van der Waals surface area contributed by atoms with Crippen LogP contribution in [0.5, 0.6) is 0 Å². The maximum Gasteiger partial charge on any atom is 0.0885 e. The second-order valence-electron chi connectivity index (χ2n) is 5.46. The summed E-state index contributed by atoms with van der Waals surface area (Å²) in [6, 6.07) is 0. The SMILES string of the molecule is CCC1CCC(CN2CC[NH2+]CC2)CC1. The van der Waals surface area contributed by atoms with E-state index in [0.717, 1.165) is 11.8 Å². The lowest BCUT2D eigenvalue weighted by molar-refractivity contribution is -0.663. The molecule has 0 unspecified atom stereocenters. The first kappa shape index (κ1) is 11.4. The quantitative estimate of drug-likeness (QED) is 0.740. The average Bonchev–Trinajstić information content (AvgIpc) is 2.31. The van der Waals surface area contributed by atoms with E-state index in [9.17, 15) is 0 Å². The first-order valence-corrected chi connectivity index (χ1v) is 6.92. The Kier molecular flexibility index (Phi) is 4.45. The third-order valence-electron chi connectivity index (χ3n) is 4.36. The summed E-state index contributed by atoms with van der Waals surface area (Å²) in [7, 11) is 0. The third kappa shape index (κ3) is 3.46. The molecule has 2 aliphatic rings. The largest absolute Gasteiger partial charge is 0.344 e. The minimum absolute atomic E-state index is 1.02. The predicted molar refractivity (Wildman–Crippen MR) is 63.8 cm³/mol. The maximum absolute atomic E-state index is 2.69. The summed E-state index contributed by atoms with van der Waals surface area (Å²) >= 11 is 0. The van der Waals surface area contributed by atoms with E-state index in [1.807, 2.05) is 0 Å². The summed E-state index contributed by atoms with van der Waals surface area (Å²) in [5.41, 5.74) is 0. The fourth-order valence-electron chi connectivity index (χ4n) is 3.17. The van der Waals surface area contributed by atoms with Gasteiger partial charge in [-0.15, -0.1) is 0 Å². The van der Waals surface area contributed by atoms with Crippen molar-refractivity contribution in [2.45, 2.75) is 39.0 Å². The van der Waals surface area contributed by atoms with Gasteiger partial charge in [-0.3, -0.25) is 4.90 Å². The molecule has 1 aliphatic heterocycles. The minimum atomic E-state index is 1.02. The minimum Gasteiger partial charge on any atom is -0.344 e. The standard InChI is InChI=1S/C13H26N2/c1-2-12-3-5-13(6-4-12)11-15-9-7-14-8-10-15/h12-14H,2-11H2,1H3/p+1. The maximum atomic E-state index is 2.69. The van der Waals surface area contributed by atoms with Crippen LogP contribution < -0.4 is 5.32 Å². The normalized spacial score (nSPS) is 34.2. The van der Waals surface area contributed by atoms with Gasteiger partial charge in [-0.1, -0.05) is 26.2 Å². The van der Waals surface area contributed by atoms with Crippen LogP contribution in [0.4, 0.5) is 0 Å². The zero-order valence-electron chi connectivity index (χ0n) is 10.3. The van der Waals surface area contributed by atoms with Gasteiger partial charge < -0.3 is 5.32 Å². The Morgan fingerprint density at radius 2 is 1.60 bits per heavy atom. The molecule has 2 fully saturated rings. The van der Waals surface area contributed by atoms with Crippen LogP contribution in [-0.4, -0.2) is 37.6 Å². The van der Waals surface area contributed by atoms with Crippen molar-refractivity contribution in [1.82, 2.24) is 4.90 Å². The van der Waals surface area contributed by atoms with Gasteiger partial charge in [0.2, 0.25) is 0 Å². The molecule has 2 heteroatoms. The Labute approximate surface area is 94.4 Å². The van der Waals surface area contributed by atoms with E-state index in [2.05, 4.69) is 17.1 Å². The van der Waals surface area contributed by atoms with Gasteiger partial charge in [-0.25, -0.2) is 0 Å². The van der Waals surface area contributed by atoms with Crippen molar-refractivity contribution in [2.24, 2.45) is 11.8 Å². The van der Waals surface area contributed by atoms with Gasteiger partial charge in [0.15, 0.2) is 0 Å². The van der Waals surface area contributed by atoms with Gasteiger partial charge in [-0.2, -0.15) is 0 Å². The molecule has 0 radical (unpaired) electrons. The molecule has 1 heterocycles. The predicted octanol–water partition coefficient (Wildman–Crippen LogP) is 1.08. The number of hydrogen-bond acceptors (Lipinski definition) is 1. The molecule has 0 aromatic carbocycles. The van der Waals surface area contributed by atoms with Crippen molar-refractivity contribution in [3.8, 4) is 0 Å². The fraction of sp³-hybridized carbons (Fsp3) is 1.00. The highest BCUT2D eigenvalue weighted by Crippen LogP contribution is 2.30. The molecule has 1 saturated heterocycles. The second kappa shape index (κ2) is 5.86. The lowest BCUT2D eigenvalue weighted by Crippen LogP contribution is -2.89. The number of hydrogen-bond donors (Lipinski definition) is 1. The van der Waals surface area contributed by atoms with Crippen molar-refractivity contribution in [2.75, 3.05) is 32.7 Å². The lowest BCUT2D eigenvalue weighted by atomic mass is 9.80. The molecule has 1 saturated carbocycles. The topological polar surface area (TPSA) is 19.9 Å². The molecule has 2 rings (SSSR count). The highest BCUT2D eigenvalue weighted by Gasteiger charge is 2.23. The summed E-state index contributed by atoms with van der Waals surface area (Å²) in [5.74, 6) is 2.07. The van der Waals surface area contributed by atoms with E-state index in [4.69, 9.17) is 0 Å². The van der Waals surface area contributed by atoms with Crippen LogP contribution in [0.2, 0.25) is 0 Å². The van der Waals surface area contributed by atoms with Gasteiger partial charge in [0.05, 0.1) is 13.1 Å². The van der Waals surface area contributed by atoms with E-state index in [1.54, 1.807) is 0 Å². The molecule has 15 heavy (non-hydrogen) atoms. The van der Waals surface area contributed by atoms with Crippen molar-refractivity contribution < 1.29 is 5.32 Å². The molecule has 88 valence electrons. The summed E-state index contributed by atoms with van der Waals surface area (Å²) in [6.07, 6.45) is 7.41. The van der Waals surface area contributed by atoms with Crippen LogP contribution in [0.15, 0.2) is 0 Å². The van der Waals surface area contributed by atoms with Crippen molar-refractivity contribution in [3.63, 3.8) is 0 Å². The van der Waals surface area contributed by atoms with Crippen LogP contribution in [0.25, 0.3) is 0 Å². The van der Waals surface area contributed by atoms with Gasteiger partial charge in [-0.05, 0) is 24.7 Å². The summed E-state index contributed by atoms with van der Waals surface area (Å²) in [5, 5.41) is 2.45. The van der Waals surface area contributed by atoms with E-state index >= 15 is 0 Å². The van der Waals surface area contributed by atoms with Crippen molar-refractivity contribution >= 4 is 0 Å². The molecule has 0 amide bonds. The molecular weight excluding hydrogens is 184 g/mol. The number of rotatable bonds is 3. The Morgan fingerprint density at radius 1 is 1.00 bits per heavy atom. The number of nitrogens with zero attached hydrogens (tertiary/aromatic N) is 1. The molecule has 0 aromatic rings. The van der Waals surface area contributed by atoms with Crippen LogP contribution in [-0.2, 0) is 0 Å². The van der Waals surface area contributed by atoms with E-state index in [1.165, 1.54) is 64.8 Å². The molecule has 2 nitrogen and oxygen atoms in total. The molecular formula is C13H27N2+. The number of nitrogens with two attached hydrogens (primary N) is 1.